The Morgan fingerprint density at radius 2 is 1.90 bits per heavy atom. The average Bonchev–Trinajstić information content (AvgIpc) is 2.41. The van der Waals surface area contributed by atoms with Gasteiger partial charge >= 0.3 is 0 Å². The van der Waals surface area contributed by atoms with Gasteiger partial charge in [-0.15, -0.1) is 0 Å². The summed E-state index contributed by atoms with van der Waals surface area (Å²) < 4.78 is 22.5. The van der Waals surface area contributed by atoms with E-state index in [1.165, 1.54) is 5.56 Å². The second kappa shape index (κ2) is 6.37. The second-order valence-electron chi connectivity index (χ2n) is 5.23. The zero-order valence-electron chi connectivity index (χ0n) is 11.7. The molecule has 0 radical (unpaired) electrons. The van der Waals surface area contributed by atoms with Crippen LogP contribution in [0.3, 0.4) is 0 Å². The molecule has 2 N–H and O–H groups in total. The van der Waals surface area contributed by atoms with Crippen LogP contribution in [0.5, 0.6) is 0 Å². The lowest BCUT2D eigenvalue weighted by molar-refractivity contribution is 0.206. The molecule has 1 saturated heterocycles. The first-order valence-electron chi connectivity index (χ1n) is 6.75. The lowest BCUT2D eigenvalue weighted by Crippen LogP contribution is -2.36. The van der Waals surface area contributed by atoms with Crippen LogP contribution in [0.2, 0.25) is 0 Å². The Hall–Kier alpha value is -1.40. The molecule has 110 valence electrons. The van der Waals surface area contributed by atoms with Crippen molar-refractivity contribution in [2.45, 2.75) is 25.4 Å². The molecule has 1 aliphatic rings. The highest BCUT2D eigenvalue weighted by atomic mass is 32.2. The van der Waals surface area contributed by atoms with Gasteiger partial charge in [-0.3, -0.25) is 9.89 Å². The van der Waals surface area contributed by atoms with Gasteiger partial charge in [0.1, 0.15) is 0 Å². The van der Waals surface area contributed by atoms with Crippen LogP contribution < -0.4 is 5.73 Å². The number of hydrogen-bond donors (Lipinski definition) is 1. The number of rotatable bonds is 3. The van der Waals surface area contributed by atoms with Crippen LogP contribution in [0, 0.1) is 0 Å². The highest BCUT2D eigenvalue weighted by Crippen LogP contribution is 2.16. The molecule has 1 aromatic rings. The molecule has 20 heavy (non-hydrogen) atoms. The molecule has 0 unspecified atom stereocenters. The van der Waals surface area contributed by atoms with E-state index in [-0.39, 0.29) is 11.2 Å². The Morgan fingerprint density at radius 3 is 2.45 bits per heavy atom. The van der Waals surface area contributed by atoms with Crippen LogP contribution in [-0.4, -0.2) is 43.9 Å². The number of benzene rings is 1. The van der Waals surface area contributed by atoms with E-state index < -0.39 is 9.84 Å². The molecule has 0 bridgehead atoms. The van der Waals surface area contributed by atoms with E-state index in [2.05, 4.69) is 22.0 Å². The van der Waals surface area contributed by atoms with E-state index in [0.29, 0.717) is 0 Å². The maximum Gasteiger partial charge on any atom is 0.213 e. The van der Waals surface area contributed by atoms with E-state index in [0.717, 1.165) is 38.7 Å². The van der Waals surface area contributed by atoms with Crippen molar-refractivity contribution in [2.24, 2.45) is 10.7 Å². The van der Waals surface area contributed by atoms with Crippen molar-refractivity contribution in [3.63, 3.8) is 0 Å². The van der Waals surface area contributed by atoms with Crippen molar-refractivity contribution >= 4 is 15.0 Å². The van der Waals surface area contributed by atoms with Crippen LogP contribution >= 0.6 is 0 Å². The zero-order chi connectivity index (χ0) is 14.6. The van der Waals surface area contributed by atoms with Gasteiger partial charge in [-0.25, -0.2) is 8.42 Å². The normalized spacial score (nSPS) is 19.1. The Balaban J connectivity index is 1.87. The number of nitrogens with zero attached hydrogens (tertiary/aromatic N) is 2. The summed E-state index contributed by atoms with van der Waals surface area (Å²) in [4.78, 5) is 6.49. The molecule has 0 aliphatic carbocycles. The van der Waals surface area contributed by atoms with Crippen molar-refractivity contribution in [3.8, 4) is 0 Å². The number of likely N-dealkylation sites (tertiary alicyclic amines) is 1. The number of nitrogens with two attached hydrogens (primary N) is 1. The first kappa shape index (κ1) is 15.0. The van der Waals surface area contributed by atoms with Gasteiger partial charge in [-0.1, -0.05) is 30.3 Å². The Kier molecular flexibility index (Phi) is 4.77. The maximum absolute atomic E-state index is 11.2. The van der Waals surface area contributed by atoms with Crippen LogP contribution in [0.1, 0.15) is 18.4 Å². The van der Waals surface area contributed by atoms with E-state index in [1.54, 1.807) is 0 Å². The van der Waals surface area contributed by atoms with E-state index in [1.807, 2.05) is 18.2 Å². The fourth-order valence-electron chi connectivity index (χ4n) is 2.32. The summed E-state index contributed by atoms with van der Waals surface area (Å²) >= 11 is 0. The fourth-order valence-corrected chi connectivity index (χ4v) is 2.66. The van der Waals surface area contributed by atoms with Gasteiger partial charge < -0.3 is 5.73 Å². The Morgan fingerprint density at radius 1 is 1.30 bits per heavy atom. The van der Waals surface area contributed by atoms with Crippen LogP contribution in [0.4, 0.5) is 0 Å². The molecular formula is C14H21N3O2S. The number of sulfone groups is 1. The summed E-state index contributed by atoms with van der Waals surface area (Å²) in [6.07, 6.45) is 2.79. The van der Waals surface area contributed by atoms with Gasteiger partial charge in [-0.05, 0) is 18.4 Å². The molecule has 0 aromatic heterocycles. The highest BCUT2D eigenvalue weighted by molar-refractivity contribution is 8.05. The van der Waals surface area contributed by atoms with Crippen LogP contribution in [0.15, 0.2) is 35.3 Å². The van der Waals surface area contributed by atoms with Gasteiger partial charge in [0.15, 0.2) is 0 Å². The van der Waals surface area contributed by atoms with Crippen molar-refractivity contribution < 1.29 is 8.42 Å². The molecule has 0 spiro atoms. The molecule has 0 atom stereocenters. The molecular weight excluding hydrogens is 274 g/mol. The molecule has 6 heteroatoms. The van der Waals surface area contributed by atoms with Crippen LogP contribution in [0.25, 0.3) is 0 Å². The minimum absolute atomic E-state index is 0.0248. The number of amidine groups is 1. The number of aliphatic imine (C=N–C) groups is 1. The molecule has 0 saturated carbocycles. The van der Waals surface area contributed by atoms with Gasteiger partial charge in [0.05, 0.1) is 6.04 Å². The molecule has 1 heterocycles. The predicted molar refractivity (Wildman–Crippen MR) is 81.2 cm³/mol. The number of piperidine rings is 1. The molecule has 0 amide bonds. The standard InChI is InChI=1S/C14H21N3O2S/c1-20(18,19)14(15)16-13-7-9-17(10-8-13)11-12-5-3-2-4-6-12/h2-6,13H,7-11H2,1H3,(H2,15,16). The minimum atomic E-state index is -3.35. The zero-order valence-corrected chi connectivity index (χ0v) is 12.5. The summed E-state index contributed by atoms with van der Waals surface area (Å²) in [5.74, 6) is 0. The monoisotopic (exact) mass is 295 g/mol. The molecule has 2 rings (SSSR count). The summed E-state index contributed by atoms with van der Waals surface area (Å²) in [5.41, 5.74) is 6.78. The average molecular weight is 295 g/mol. The molecule has 1 aromatic carbocycles. The van der Waals surface area contributed by atoms with Crippen molar-refractivity contribution in [2.75, 3.05) is 19.3 Å². The largest absolute Gasteiger partial charge is 0.374 e. The summed E-state index contributed by atoms with van der Waals surface area (Å²) in [5, 5.41) is -0.237. The lowest BCUT2D eigenvalue weighted by Gasteiger charge is -2.30. The third-order valence-electron chi connectivity index (χ3n) is 3.50. The Bertz CT molecular complexity index is 561. The number of hydrogen-bond acceptors (Lipinski definition) is 4. The molecule has 1 aliphatic heterocycles. The summed E-state index contributed by atoms with van der Waals surface area (Å²) in [6, 6.07) is 10.4. The third kappa shape index (κ3) is 4.31. The maximum atomic E-state index is 11.2. The highest BCUT2D eigenvalue weighted by Gasteiger charge is 2.20. The van der Waals surface area contributed by atoms with Crippen molar-refractivity contribution in [1.29, 1.82) is 0 Å². The first-order valence-corrected chi connectivity index (χ1v) is 8.64. The van der Waals surface area contributed by atoms with Gasteiger partial charge in [0.2, 0.25) is 15.0 Å². The van der Waals surface area contributed by atoms with Crippen molar-refractivity contribution in [1.82, 2.24) is 4.90 Å². The van der Waals surface area contributed by atoms with E-state index in [4.69, 9.17) is 5.73 Å². The molecule has 5 nitrogen and oxygen atoms in total. The SMILES string of the molecule is CS(=O)(=O)/C(N)=N/C1CCN(Cc2ccccc2)CC1. The smallest absolute Gasteiger partial charge is 0.213 e. The summed E-state index contributed by atoms with van der Waals surface area (Å²) in [6.45, 7) is 2.76. The predicted octanol–water partition coefficient (Wildman–Crippen LogP) is 1.01. The fraction of sp³-hybridized carbons (Fsp3) is 0.500. The topological polar surface area (TPSA) is 75.8 Å². The molecule has 1 fully saturated rings. The quantitative estimate of drug-likeness (QED) is 0.667. The van der Waals surface area contributed by atoms with Gasteiger partial charge in [0, 0.05) is 25.9 Å². The lowest BCUT2D eigenvalue weighted by atomic mass is 10.1. The van der Waals surface area contributed by atoms with Crippen LogP contribution in [-0.2, 0) is 16.4 Å². The first-order chi connectivity index (χ1) is 9.45. The van der Waals surface area contributed by atoms with Gasteiger partial charge in [-0.2, -0.15) is 0 Å². The summed E-state index contributed by atoms with van der Waals surface area (Å²) in [7, 11) is -3.35. The van der Waals surface area contributed by atoms with E-state index >= 15 is 0 Å². The minimum Gasteiger partial charge on any atom is -0.374 e. The van der Waals surface area contributed by atoms with Gasteiger partial charge in [0.25, 0.3) is 0 Å². The second-order valence-corrected chi connectivity index (χ2v) is 7.20. The third-order valence-corrected chi connectivity index (χ3v) is 4.36. The Labute approximate surface area is 120 Å². The van der Waals surface area contributed by atoms with E-state index in [9.17, 15) is 8.42 Å². The van der Waals surface area contributed by atoms with Crippen molar-refractivity contribution in [3.05, 3.63) is 35.9 Å².